The minimum absolute atomic E-state index is 0.702. The molecule has 0 spiro atoms. The summed E-state index contributed by atoms with van der Waals surface area (Å²) in [6.07, 6.45) is 2.80. The molecule has 0 aromatic rings. The minimum Gasteiger partial charge on any atom is -0.157 e. The highest BCUT2D eigenvalue weighted by Gasteiger charge is 2.25. The molecular weight excluding hydrogens is 196 g/mol. The normalized spacial score (nSPS) is 13.6. The van der Waals surface area contributed by atoms with Crippen molar-refractivity contribution in [3.63, 3.8) is 0 Å². The standard InChI is InChI=1S/C11H25S2/c1-5-9-11(10-12-6-2)13(7-3)8-4/h11H,5-10H2,1-4H3/q+1. The molecule has 0 aliphatic carbocycles. The van der Waals surface area contributed by atoms with Crippen LogP contribution in [0.25, 0.3) is 0 Å². The van der Waals surface area contributed by atoms with E-state index in [4.69, 9.17) is 0 Å². The highest BCUT2D eigenvalue weighted by atomic mass is 32.2. The Morgan fingerprint density at radius 3 is 2.08 bits per heavy atom. The molecule has 0 amide bonds. The average molecular weight is 221 g/mol. The van der Waals surface area contributed by atoms with Crippen LogP contribution in [-0.4, -0.2) is 28.3 Å². The third kappa shape index (κ3) is 5.90. The van der Waals surface area contributed by atoms with E-state index in [0.29, 0.717) is 10.9 Å². The molecule has 0 aliphatic rings. The van der Waals surface area contributed by atoms with Crippen LogP contribution in [0.2, 0.25) is 0 Å². The van der Waals surface area contributed by atoms with Gasteiger partial charge < -0.3 is 0 Å². The van der Waals surface area contributed by atoms with Crippen LogP contribution < -0.4 is 0 Å². The van der Waals surface area contributed by atoms with E-state index in [0.717, 1.165) is 5.25 Å². The summed E-state index contributed by atoms with van der Waals surface area (Å²) in [5, 5.41) is 1.00. The van der Waals surface area contributed by atoms with E-state index in [1.807, 2.05) is 0 Å². The highest BCUT2D eigenvalue weighted by Crippen LogP contribution is 2.17. The van der Waals surface area contributed by atoms with Crippen LogP contribution in [0.3, 0.4) is 0 Å². The van der Waals surface area contributed by atoms with Crippen molar-refractivity contribution < 1.29 is 0 Å². The second-order valence-electron chi connectivity index (χ2n) is 3.18. The Morgan fingerprint density at radius 2 is 1.69 bits per heavy atom. The van der Waals surface area contributed by atoms with Gasteiger partial charge in [0.2, 0.25) is 0 Å². The molecule has 0 fully saturated rings. The van der Waals surface area contributed by atoms with Gasteiger partial charge in [0.15, 0.2) is 0 Å². The second-order valence-corrected chi connectivity index (χ2v) is 7.40. The lowest BCUT2D eigenvalue weighted by atomic mass is 10.3. The van der Waals surface area contributed by atoms with Crippen LogP contribution in [0.5, 0.6) is 0 Å². The van der Waals surface area contributed by atoms with Gasteiger partial charge in [-0.15, -0.1) is 0 Å². The number of rotatable bonds is 8. The van der Waals surface area contributed by atoms with Crippen LogP contribution in [0.1, 0.15) is 40.5 Å². The van der Waals surface area contributed by atoms with Crippen molar-refractivity contribution in [1.82, 2.24) is 0 Å². The van der Waals surface area contributed by atoms with Gasteiger partial charge in [-0.2, -0.15) is 11.8 Å². The first kappa shape index (κ1) is 13.7. The molecule has 0 rings (SSSR count). The maximum absolute atomic E-state index is 2.35. The largest absolute Gasteiger partial charge is 0.157 e. The minimum atomic E-state index is 0.702. The summed E-state index contributed by atoms with van der Waals surface area (Å²) < 4.78 is 0. The third-order valence-corrected chi connectivity index (χ3v) is 6.42. The van der Waals surface area contributed by atoms with Crippen molar-refractivity contribution in [2.45, 2.75) is 45.8 Å². The van der Waals surface area contributed by atoms with Gasteiger partial charge in [0.1, 0.15) is 16.8 Å². The first-order valence-electron chi connectivity index (χ1n) is 5.54. The Hall–Kier alpha value is 0.700. The Morgan fingerprint density at radius 1 is 1.08 bits per heavy atom. The Labute approximate surface area is 91.6 Å². The Bertz CT molecular complexity index is 100. The lowest BCUT2D eigenvalue weighted by molar-refractivity contribution is 0.787. The van der Waals surface area contributed by atoms with Gasteiger partial charge in [0.05, 0.1) is 0 Å². The van der Waals surface area contributed by atoms with E-state index in [9.17, 15) is 0 Å². The summed E-state index contributed by atoms with van der Waals surface area (Å²) in [7, 11) is 0.702. The summed E-state index contributed by atoms with van der Waals surface area (Å²) in [5.74, 6) is 5.47. The van der Waals surface area contributed by atoms with Crippen LogP contribution >= 0.6 is 11.8 Å². The monoisotopic (exact) mass is 221 g/mol. The highest BCUT2D eigenvalue weighted by molar-refractivity contribution is 8.02. The fourth-order valence-corrected chi connectivity index (χ4v) is 5.24. The van der Waals surface area contributed by atoms with Crippen molar-refractivity contribution >= 4 is 22.7 Å². The number of hydrogen-bond donors (Lipinski definition) is 0. The molecule has 0 aromatic carbocycles. The number of hydrogen-bond acceptors (Lipinski definition) is 1. The summed E-state index contributed by atoms with van der Waals surface area (Å²) in [6, 6.07) is 0. The van der Waals surface area contributed by atoms with Gasteiger partial charge in [-0.3, -0.25) is 0 Å². The summed E-state index contributed by atoms with van der Waals surface area (Å²) in [5.41, 5.74) is 0. The number of thioether (sulfide) groups is 1. The molecule has 0 N–H and O–H groups in total. The summed E-state index contributed by atoms with van der Waals surface area (Å²) in [4.78, 5) is 0. The molecule has 0 saturated carbocycles. The zero-order valence-corrected chi connectivity index (χ0v) is 11.3. The molecular formula is C11H25S2+. The van der Waals surface area contributed by atoms with Gasteiger partial charge in [0.25, 0.3) is 0 Å². The SMILES string of the molecule is CCCC(CSCC)[S+](CC)CC. The second kappa shape index (κ2) is 9.26. The molecule has 1 unspecified atom stereocenters. The van der Waals surface area contributed by atoms with Crippen molar-refractivity contribution in [3.05, 3.63) is 0 Å². The zero-order valence-electron chi connectivity index (χ0n) is 9.64. The van der Waals surface area contributed by atoms with Gasteiger partial charge in [-0.05, 0) is 36.9 Å². The van der Waals surface area contributed by atoms with Gasteiger partial charge >= 0.3 is 0 Å². The van der Waals surface area contributed by atoms with Crippen LogP contribution in [0, 0.1) is 0 Å². The smallest absolute Gasteiger partial charge is 0.127 e. The topological polar surface area (TPSA) is 0 Å². The average Bonchev–Trinajstić information content (AvgIpc) is 2.16. The predicted octanol–water partition coefficient (Wildman–Crippen LogP) is 3.57. The van der Waals surface area contributed by atoms with E-state index in [1.165, 1.54) is 35.9 Å². The van der Waals surface area contributed by atoms with Crippen LogP contribution in [0.4, 0.5) is 0 Å². The molecule has 1 atom stereocenters. The van der Waals surface area contributed by atoms with Gasteiger partial charge in [-0.25, -0.2) is 0 Å². The van der Waals surface area contributed by atoms with Gasteiger partial charge in [-0.1, -0.05) is 20.3 Å². The van der Waals surface area contributed by atoms with E-state index >= 15 is 0 Å². The maximum Gasteiger partial charge on any atom is 0.127 e. The Kier molecular flexibility index (Phi) is 9.76. The quantitative estimate of drug-likeness (QED) is 0.565. The molecule has 0 aromatic heterocycles. The summed E-state index contributed by atoms with van der Waals surface area (Å²) >= 11 is 2.12. The first-order chi connectivity index (χ1) is 6.29. The molecule has 0 aliphatic heterocycles. The lowest BCUT2D eigenvalue weighted by Crippen LogP contribution is -2.27. The van der Waals surface area contributed by atoms with E-state index in [-0.39, 0.29) is 0 Å². The first-order valence-corrected chi connectivity index (χ1v) is 8.32. The van der Waals surface area contributed by atoms with Crippen molar-refractivity contribution in [3.8, 4) is 0 Å². The Balaban J connectivity index is 3.88. The van der Waals surface area contributed by atoms with Crippen molar-refractivity contribution in [2.24, 2.45) is 0 Å². The van der Waals surface area contributed by atoms with Gasteiger partial charge in [0, 0.05) is 5.75 Å². The molecule has 0 saturated heterocycles. The maximum atomic E-state index is 2.35. The van der Waals surface area contributed by atoms with E-state index in [1.54, 1.807) is 0 Å². The van der Waals surface area contributed by atoms with E-state index in [2.05, 4.69) is 39.5 Å². The van der Waals surface area contributed by atoms with E-state index < -0.39 is 0 Å². The van der Waals surface area contributed by atoms with Crippen LogP contribution in [0.15, 0.2) is 0 Å². The zero-order chi connectivity index (χ0) is 10.1. The lowest BCUT2D eigenvalue weighted by Gasteiger charge is -2.16. The van der Waals surface area contributed by atoms with Crippen molar-refractivity contribution in [1.29, 1.82) is 0 Å². The molecule has 0 nitrogen and oxygen atoms in total. The molecule has 80 valence electrons. The molecule has 13 heavy (non-hydrogen) atoms. The molecule has 0 heterocycles. The summed E-state index contributed by atoms with van der Waals surface area (Å²) in [6.45, 7) is 9.29. The fraction of sp³-hybridized carbons (Fsp3) is 1.00. The molecule has 0 bridgehead atoms. The fourth-order valence-electron chi connectivity index (χ4n) is 1.59. The molecule has 2 heteroatoms. The third-order valence-electron chi connectivity index (χ3n) is 2.33. The predicted molar refractivity (Wildman–Crippen MR) is 70.1 cm³/mol. The molecule has 0 radical (unpaired) electrons. The van der Waals surface area contributed by atoms with Crippen LogP contribution in [-0.2, 0) is 10.9 Å². The van der Waals surface area contributed by atoms with Crippen molar-refractivity contribution in [2.75, 3.05) is 23.0 Å².